The second kappa shape index (κ2) is 4.74. The largest absolute Gasteiger partial charge is 0.344 e. The van der Waals surface area contributed by atoms with Crippen LogP contribution in [0.25, 0.3) is 0 Å². The van der Waals surface area contributed by atoms with Gasteiger partial charge >= 0.3 is 0 Å². The first-order valence-electron chi connectivity index (χ1n) is 7.30. The van der Waals surface area contributed by atoms with E-state index >= 15 is 0 Å². The molecule has 1 unspecified atom stereocenters. The van der Waals surface area contributed by atoms with Crippen molar-refractivity contribution >= 4 is 0 Å². The Morgan fingerprint density at radius 2 is 2.05 bits per heavy atom. The topological polar surface area (TPSA) is 43.8 Å². The fourth-order valence-corrected chi connectivity index (χ4v) is 3.40. The van der Waals surface area contributed by atoms with E-state index < -0.39 is 0 Å². The van der Waals surface area contributed by atoms with Crippen LogP contribution >= 0.6 is 0 Å². The number of hydrogen-bond donors (Lipinski definition) is 1. The van der Waals surface area contributed by atoms with Crippen molar-refractivity contribution in [3.8, 4) is 0 Å². The van der Waals surface area contributed by atoms with Gasteiger partial charge in [-0.05, 0) is 54.5 Å². The molecule has 0 fully saturated rings. The average molecular weight is 269 g/mol. The molecule has 1 aliphatic rings. The lowest BCUT2D eigenvalue weighted by molar-refractivity contribution is 0.276. The number of nitrogens with zero attached hydrogens (tertiary/aromatic N) is 2. The van der Waals surface area contributed by atoms with E-state index in [2.05, 4.69) is 48.5 Å². The number of fused-ring (bicyclic) bond motifs is 1. The average Bonchev–Trinajstić information content (AvgIpc) is 2.67. The highest BCUT2D eigenvalue weighted by atomic mass is 15.0. The van der Waals surface area contributed by atoms with E-state index in [1.54, 1.807) is 0 Å². The summed E-state index contributed by atoms with van der Waals surface area (Å²) in [5, 5.41) is 0. The van der Waals surface area contributed by atoms with Gasteiger partial charge in [-0.2, -0.15) is 0 Å². The maximum absolute atomic E-state index is 6.37. The number of hydrogen-bond acceptors (Lipinski definition) is 2. The van der Waals surface area contributed by atoms with Gasteiger partial charge in [-0.1, -0.05) is 13.8 Å². The Labute approximate surface area is 120 Å². The molecule has 0 aromatic carbocycles. The number of pyridine rings is 1. The SMILES string of the molecule is Cc1cc2c(n1Cc1ccncc1)CC(C)(C)CC2N. The molecule has 20 heavy (non-hydrogen) atoms. The number of aryl methyl sites for hydroxylation is 1. The maximum atomic E-state index is 6.37. The van der Waals surface area contributed by atoms with Crippen LogP contribution in [-0.4, -0.2) is 9.55 Å². The Morgan fingerprint density at radius 1 is 1.35 bits per heavy atom. The summed E-state index contributed by atoms with van der Waals surface area (Å²) in [4.78, 5) is 4.09. The van der Waals surface area contributed by atoms with Crippen LogP contribution in [0.5, 0.6) is 0 Å². The van der Waals surface area contributed by atoms with Gasteiger partial charge < -0.3 is 10.3 Å². The standard InChI is InChI=1S/C17H23N3/c1-12-8-14-15(18)9-17(2,3)10-16(14)20(12)11-13-4-6-19-7-5-13/h4-8,15H,9-11,18H2,1-3H3. The van der Waals surface area contributed by atoms with E-state index in [1.807, 2.05) is 12.4 Å². The second-order valence-electron chi connectivity index (χ2n) is 6.78. The quantitative estimate of drug-likeness (QED) is 0.909. The van der Waals surface area contributed by atoms with Gasteiger partial charge in [-0.3, -0.25) is 4.98 Å². The zero-order valence-electron chi connectivity index (χ0n) is 12.6. The highest BCUT2D eigenvalue weighted by Crippen LogP contribution is 2.41. The molecule has 0 radical (unpaired) electrons. The molecule has 0 saturated carbocycles. The van der Waals surface area contributed by atoms with Crippen molar-refractivity contribution in [2.24, 2.45) is 11.1 Å². The van der Waals surface area contributed by atoms with Gasteiger partial charge in [0.2, 0.25) is 0 Å². The van der Waals surface area contributed by atoms with Crippen molar-refractivity contribution in [2.75, 3.05) is 0 Å². The van der Waals surface area contributed by atoms with E-state index in [0.29, 0.717) is 0 Å². The minimum atomic E-state index is 0.172. The normalized spacial score (nSPS) is 20.7. The minimum absolute atomic E-state index is 0.172. The summed E-state index contributed by atoms with van der Waals surface area (Å²) in [6.07, 6.45) is 5.89. The first-order chi connectivity index (χ1) is 9.46. The molecule has 0 spiro atoms. The summed E-state index contributed by atoms with van der Waals surface area (Å²) in [7, 11) is 0. The molecule has 2 N–H and O–H groups in total. The molecule has 0 saturated heterocycles. The lowest BCUT2D eigenvalue weighted by Gasteiger charge is -2.34. The van der Waals surface area contributed by atoms with Crippen molar-refractivity contribution in [2.45, 2.75) is 46.2 Å². The molecular formula is C17H23N3. The molecule has 2 aromatic rings. The summed E-state index contributed by atoms with van der Waals surface area (Å²) in [6, 6.07) is 6.61. The van der Waals surface area contributed by atoms with Gasteiger partial charge in [0.15, 0.2) is 0 Å². The molecule has 3 rings (SSSR count). The number of nitrogens with two attached hydrogens (primary N) is 1. The first kappa shape index (κ1) is 13.4. The highest BCUT2D eigenvalue weighted by Gasteiger charge is 2.33. The van der Waals surface area contributed by atoms with E-state index in [1.165, 1.54) is 22.5 Å². The Bertz CT molecular complexity index is 611. The van der Waals surface area contributed by atoms with Crippen LogP contribution in [0.3, 0.4) is 0 Å². The minimum Gasteiger partial charge on any atom is -0.344 e. The molecule has 0 amide bonds. The predicted octanol–water partition coefficient (Wildman–Crippen LogP) is 3.21. The third-order valence-electron chi connectivity index (χ3n) is 4.36. The zero-order valence-corrected chi connectivity index (χ0v) is 12.6. The van der Waals surface area contributed by atoms with Gasteiger partial charge in [0.25, 0.3) is 0 Å². The lowest BCUT2D eigenvalue weighted by Crippen LogP contribution is -2.30. The maximum Gasteiger partial charge on any atom is 0.0476 e. The van der Waals surface area contributed by atoms with Gasteiger partial charge in [-0.25, -0.2) is 0 Å². The van der Waals surface area contributed by atoms with Gasteiger partial charge in [-0.15, -0.1) is 0 Å². The van der Waals surface area contributed by atoms with Crippen LogP contribution in [-0.2, 0) is 13.0 Å². The van der Waals surface area contributed by atoms with Crippen molar-refractivity contribution in [3.05, 3.63) is 53.1 Å². The third kappa shape index (κ3) is 2.38. The fourth-order valence-electron chi connectivity index (χ4n) is 3.40. The Kier molecular flexibility index (Phi) is 3.17. The van der Waals surface area contributed by atoms with E-state index in [9.17, 15) is 0 Å². The number of rotatable bonds is 2. The van der Waals surface area contributed by atoms with Gasteiger partial charge in [0.05, 0.1) is 0 Å². The van der Waals surface area contributed by atoms with E-state index in [4.69, 9.17) is 5.73 Å². The Balaban J connectivity index is 2.01. The van der Waals surface area contributed by atoms with Crippen molar-refractivity contribution in [3.63, 3.8) is 0 Å². The van der Waals surface area contributed by atoms with Crippen LogP contribution in [0, 0.1) is 12.3 Å². The molecule has 1 atom stereocenters. The second-order valence-corrected chi connectivity index (χ2v) is 6.78. The monoisotopic (exact) mass is 269 g/mol. The molecule has 0 bridgehead atoms. The molecule has 106 valence electrons. The summed E-state index contributed by atoms with van der Waals surface area (Å²) >= 11 is 0. The van der Waals surface area contributed by atoms with Crippen LogP contribution in [0.4, 0.5) is 0 Å². The van der Waals surface area contributed by atoms with Crippen molar-refractivity contribution in [1.29, 1.82) is 0 Å². The lowest BCUT2D eigenvalue weighted by atomic mass is 9.74. The molecule has 3 nitrogen and oxygen atoms in total. The first-order valence-corrected chi connectivity index (χ1v) is 7.30. The summed E-state index contributed by atoms with van der Waals surface area (Å²) in [5.41, 5.74) is 12.0. The van der Waals surface area contributed by atoms with Gasteiger partial charge in [0, 0.05) is 36.4 Å². The molecular weight excluding hydrogens is 246 g/mol. The summed E-state index contributed by atoms with van der Waals surface area (Å²) in [5.74, 6) is 0. The summed E-state index contributed by atoms with van der Waals surface area (Å²) < 4.78 is 2.42. The molecule has 3 heteroatoms. The van der Waals surface area contributed by atoms with Crippen LogP contribution in [0.1, 0.15) is 48.8 Å². The zero-order chi connectivity index (χ0) is 14.3. The van der Waals surface area contributed by atoms with Crippen LogP contribution in [0.2, 0.25) is 0 Å². The molecule has 0 aliphatic heterocycles. The summed E-state index contributed by atoms with van der Waals surface area (Å²) in [6.45, 7) is 7.72. The van der Waals surface area contributed by atoms with Crippen LogP contribution in [0.15, 0.2) is 30.6 Å². The van der Waals surface area contributed by atoms with Crippen molar-refractivity contribution in [1.82, 2.24) is 9.55 Å². The molecule has 2 aromatic heterocycles. The Hall–Kier alpha value is -1.61. The van der Waals surface area contributed by atoms with Gasteiger partial charge in [0.1, 0.15) is 0 Å². The highest BCUT2D eigenvalue weighted by molar-refractivity contribution is 5.35. The molecule has 2 heterocycles. The van der Waals surface area contributed by atoms with E-state index in [-0.39, 0.29) is 11.5 Å². The third-order valence-corrected chi connectivity index (χ3v) is 4.36. The fraction of sp³-hybridized carbons (Fsp3) is 0.471. The van der Waals surface area contributed by atoms with E-state index in [0.717, 1.165) is 19.4 Å². The Morgan fingerprint density at radius 3 is 2.75 bits per heavy atom. The van der Waals surface area contributed by atoms with Crippen LogP contribution < -0.4 is 5.73 Å². The van der Waals surface area contributed by atoms with Crippen molar-refractivity contribution < 1.29 is 0 Å². The number of aromatic nitrogens is 2. The molecule has 1 aliphatic carbocycles. The predicted molar refractivity (Wildman–Crippen MR) is 81.5 cm³/mol. The smallest absolute Gasteiger partial charge is 0.0476 e.